The molecule has 3 heteroatoms. The van der Waals surface area contributed by atoms with Gasteiger partial charge in [0, 0.05) is 18.8 Å². The van der Waals surface area contributed by atoms with Gasteiger partial charge in [-0.3, -0.25) is 4.98 Å². The van der Waals surface area contributed by atoms with Crippen molar-refractivity contribution in [2.24, 2.45) is 0 Å². The van der Waals surface area contributed by atoms with Crippen molar-refractivity contribution in [1.29, 1.82) is 0 Å². The molecule has 0 aliphatic rings. The van der Waals surface area contributed by atoms with Crippen LogP contribution in [0.1, 0.15) is 45.1 Å². The van der Waals surface area contributed by atoms with Crippen molar-refractivity contribution < 1.29 is 4.39 Å². The van der Waals surface area contributed by atoms with E-state index < -0.39 is 0 Å². The van der Waals surface area contributed by atoms with Crippen LogP contribution in [0.25, 0.3) is 0 Å². The molecule has 0 amide bonds. The summed E-state index contributed by atoms with van der Waals surface area (Å²) < 4.78 is 12.8. The van der Waals surface area contributed by atoms with E-state index in [0.717, 1.165) is 5.56 Å². The highest BCUT2D eigenvalue weighted by Crippen LogP contribution is 2.05. The van der Waals surface area contributed by atoms with E-state index in [1.807, 2.05) is 0 Å². The fourth-order valence-electron chi connectivity index (χ4n) is 1.65. The van der Waals surface area contributed by atoms with E-state index in [4.69, 9.17) is 0 Å². The Kier molecular flexibility index (Phi) is 6.01. The molecule has 0 spiro atoms. The summed E-state index contributed by atoms with van der Waals surface area (Å²) in [5, 5.41) is 3.38. The molecule has 1 rings (SSSR count). The topological polar surface area (TPSA) is 24.9 Å². The first-order valence-electron chi connectivity index (χ1n) is 6.05. The Morgan fingerprint density at radius 1 is 1.38 bits per heavy atom. The number of aromatic nitrogens is 1. The van der Waals surface area contributed by atoms with E-state index in [1.165, 1.54) is 37.9 Å². The van der Waals surface area contributed by atoms with Gasteiger partial charge in [-0.2, -0.15) is 0 Å². The highest BCUT2D eigenvalue weighted by atomic mass is 19.1. The summed E-state index contributed by atoms with van der Waals surface area (Å²) in [6.07, 6.45) is 7.90. The fraction of sp³-hybridized carbons (Fsp3) is 0.615. The summed E-state index contributed by atoms with van der Waals surface area (Å²) in [7, 11) is 0. The number of nitrogens with zero attached hydrogens (tertiary/aromatic N) is 1. The lowest BCUT2D eigenvalue weighted by Gasteiger charge is -2.13. The Bertz CT molecular complexity index is 302. The van der Waals surface area contributed by atoms with Crippen LogP contribution in [0.2, 0.25) is 0 Å². The van der Waals surface area contributed by atoms with Crippen LogP contribution in [0, 0.1) is 5.82 Å². The molecule has 0 aromatic carbocycles. The minimum atomic E-state index is -0.266. The van der Waals surface area contributed by atoms with E-state index in [2.05, 4.69) is 24.1 Å². The molecule has 16 heavy (non-hydrogen) atoms. The molecule has 0 radical (unpaired) electrons. The van der Waals surface area contributed by atoms with Crippen LogP contribution in [0.5, 0.6) is 0 Å². The molecule has 0 saturated carbocycles. The van der Waals surface area contributed by atoms with Crippen LogP contribution in [-0.4, -0.2) is 11.0 Å². The molecule has 1 aromatic rings. The molecule has 2 nitrogen and oxygen atoms in total. The fourth-order valence-corrected chi connectivity index (χ4v) is 1.65. The largest absolute Gasteiger partial charge is 0.310 e. The monoisotopic (exact) mass is 224 g/mol. The van der Waals surface area contributed by atoms with Gasteiger partial charge in [0.25, 0.3) is 0 Å². The molecule has 0 saturated heterocycles. The van der Waals surface area contributed by atoms with Crippen molar-refractivity contribution in [3.63, 3.8) is 0 Å². The maximum atomic E-state index is 12.8. The second kappa shape index (κ2) is 7.34. The van der Waals surface area contributed by atoms with Gasteiger partial charge in [0.2, 0.25) is 0 Å². The first-order chi connectivity index (χ1) is 7.72. The highest BCUT2D eigenvalue weighted by Gasteiger charge is 2.02. The van der Waals surface area contributed by atoms with Gasteiger partial charge in [0.15, 0.2) is 0 Å². The van der Waals surface area contributed by atoms with Crippen molar-refractivity contribution in [2.45, 2.75) is 52.1 Å². The highest BCUT2D eigenvalue weighted by molar-refractivity contribution is 5.09. The van der Waals surface area contributed by atoms with E-state index >= 15 is 0 Å². The predicted octanol–water partition coefficient (Wildman–Crippen LogP) is 3.28. The first kappa shape index (κ1) is 13.1. The van der Waals surface area contributed by atoms with Crippen LogP contribution in [0.15, 0.2) is 18.5 Å². The predicted molar refractivity (Wildman–Crippen MR) is 64.6 cm³/mol. The molecule has 1 heterocycles. The van der Waals surface area contributed by atoms with Gasteiger partial charge in [0.1, 0.15) is 5.82 Å². The van der Waals surface area contributed by atoms with Crippen molar-refractivity contribution in [2.75, 3.05) is 0 Å². The lowest BCUT2D eigenvalue weighted by molar-refractivity contribution is 0.485. The molecule has 1 unspecified atom stereocenters. The number of pyridine rings is 1. The van der Waals surface area contributed by atoms with Gasteiger partial charge in [-0.15, -0.1) is 0 Å². The third kappa shape index (κ3) is 5.21. The van der Waals surface area contributed by atoms with E-state index in [0.29, 0.717) is 12.6 Å². The van der Waals surface area contributed by atoms with Crippen LogP contribution < -0.4 is 5.32 Å². The molecule has 0 bridgehead atoms. The molecular weight excluding hydrogens is 203 g/mol. The molecule has 1 aromatic heterocycles. The van der Waals surface area contributed by atoms with Crippen molar-refractivity contribution >= 4 is 0 Å². The van der Waals surface area contributed by atoms with Crippen LogP contribution in [0.4, 0.5) is 4.39 Å². The van der Waals surface area contributed by atoms with E-state index in [-0.39, 0.29) is 5.82 Å². The smallest absolute Gasteiger partial charge is 0.141 e. The number of unbranched alkanes of at least 4 members (excludes halogenated alkanes) is 2. The second-order valence-electron chi connectivity index (χ2n) is 4.29. The van der Waals surface area contributed by atoms with Gasteiger partial charge in [-0.05, 0) is 25.0 Å². The standard InChI is InChI=1S/C13H21FN2/c1-3-4-5-6-11(2)16-9-12-7-13(14)10-15-8-12/h7-8,10-11,16H,3-6,9H2,1-2H3. The number of nitrogens with one attached hydrogen (secondary N) is 1. The van der Waals surface area contributed by atoms with Crippen molar-refractivity contribution in [1.82, 2.24) is 10.3 Å². The summed E-state index contributed by atoms with van der Waals surface area (Å²) >= 11 is 0. The molecule has 0 aliphatic carbocycles. The van der Waals surface area contributed by atoms with Crippen LogP contribution in [-0.2, 0) is 6.54 Å². The third-order valence-corrected chi connectivity index (χ3v) is 2.66. The number of hydrogen-bond acceptors (Lipinski definition) is 2. The Labute approximate surface area is 97.3 Å². The molecule has 0 fully saturated rings. The third-order valence-electron chi connectivity index (χ3n) is 2.66. The Morgan fingerprint density at radius 2 is 2.19 bits per heavy atom. The zero-order chi connectivity index (χ0) is 11.8. The van der Waals surface area contributed by atoms with Gasteiger partial charge in [0.05, 0.1) is 6.20 Å². The summed E-state index contributed by atoms with van der Waals surface area (Å²) in [5.74, 6) is -0.266. The molecule has 1 atom stereocenters. The summed E-state index contributed by atoms with van der Waals surface area (Å²) in [6, 6.07) is 2.01. The Hall–Kier alpha value is -0.960. The van der Waals surface area contributed by atoms with Crippen LogP contribution >= 0.6 is 0 Å². The zero-order valence-corrected chi connectivity index (χ0v) is 10.2. The Balaban J connectivity index is 2.23. The molecular formula is C13H21FN2. The van der Waals surface area contributed by atoms with Crippen LogP contribution in [0.3, 0.4) is 0 Å². The lowest BCUT2D eigenvalue weighted by Crippen LogP contribution is -2.25. The maximum Gasteiger partial charge on any atom is 0.141 e. The average molecular weight is 224 g/mol. The quantitative estimate of drug-likeness (QED) is 0.719. The molecule has 90 valence electrons. The van der Waals surface area contributed by atoms with Gasteiger partial charge in [-0.1, -0.05) is 26.2 Å². The molecule has 0 aliphatic heterocycles. The zero-order valence-electron chi connectivity index (χ0n) is 10.2. The van der Waals surface area contributed by atoms with Gasteiger partial charge in [-0.25, -0.2) is 4.39 Å². The Morgan fingerprint density at radius 3 is 2.88 bits per heavy atom. The van der Waals surface area contributed by atoms with E-state index in [1.54, 1.807) is 6.20 Å². The van der Waals surface area contributed by atoms with Crippen molar-refractivity contribution in [3.05, 3.63) is 29.8 Å². The summed E-state index contributed by atoms with van der Waals surface area (Å²) in [4.78, 5) is 3.82. The minimum Gasteiger partial charge on any atom is -0.310 e. The number of rotatable bonds is 7. The van der Waals surface area contributed by atoms with Crippen molar-refractivity contribution in [3.8, 4) is 0 Å². The average Bonchev–Trinajstić information content (AvgIpc) is 2.27. The number of hydrogen-bond donors (Lipinski definition) is 1. The molecule has 1 N–H and O–H groups in total. The summed E-state index contributed by atoms with van der Waals surface area (Å²) in [5.41, 5.74) is 0.905. The minimum absolute atomic E-state index is 0.266. The first-order valence-corrected chi connectivity index (χ1v) is 6.05. The normalized spacial score (nSPS) is 12.7. The number of halogens is 1. The lowest BCUT2D eigenvalue weighted by atomic mass is 10.1. The summed E-state index contributed by atoms with van der Waals surface area (Å²) in [6.45, 7) is 5.07. The van der Waals surface area contributed by atoms with Gasteiger partial charge >= 0.3 is 0 Å². The van der Waals surface area contributed by atoms with Gasteiger partial charge < -0.3 is 5.32 Å². The van der Waals surface area contributed by atoms with E-state index in [9.17, 15) is 4.39 Å². The second-order valence-corrected chi connectivity index (χ2v) is 4.29. The maximum absolute atomic E-state index is 12.8. The SMILES string of the molecule is CCCCCC(C)NCc1cncc(F)c1.